The van der Waals surface area contributed by atoms with Gasteiger partial charge in [0.2, 0.25) is 0 Å². The van der Waals surface area contributed by atoms with Crippen LogP contribution in [-0.2, 0) is 11.3 Å². The van der Waals surface area contributed by atoms with Gasteiger partial charge in [-0.1, -0.05) is 0 Å². The van der Waals surface area contributed by atoms with Crippen LogP contribution in [0.2, 0.25) is 0 Å². The van der Waals surface area contributed by atoms with Gasteiger partial charge in [0.25, 0.3) is 0 Å². The van der Waals surface area contributed by atoms with Crippen molar-refractivity contribution in [2.45, 2.75) is 33.4 Å². The first-order valence-corrected chi connectivity index (χ1v) is 8.44. The van der Waals surface area contributed by atoms with Gasteiger partial charge in [-0.05, 0) is 26.8 Å². The van der Waals surface area contributed by atoms with Crippen LogP contribution in [0, 0.1) is 13.8 Å². The minimum Gasteiger partial charge on any atom is -0.383 e. The quantitative estimate of drug-likeness (QED) is 0.752. The van der Waals surface area contributed by atoms with Gasteiger partial charge < -0.3 is 14.6 Å². The molecule has 6 nitrogen and oxygen atoms in total. The summed E-state index contributed by atoms with van der Waals surface area (Å²) in [4.78, 5) is 13.7. The molecule has 0 amide bonds. The summed E-state index contributed by atoms with van der Waals surface area (Å²) in [6, 6.07) is 2.19. The molecule has 0 aromatic carbocycles. The van der Waals surface area contributed by atoms with E-state index >= 15 is 0 Å². The maximum Gasteiger partial charge on any atom is 0.154 e. The summed E-state index contributed by atoms with van der Waals surface area (Å²) in [5, 5.41) is 6.60. The number of methoxy groups -OCH3 is 1. The van der Waals surface area contributed by atoms with Gasteiger partial charge in [-0.15, -0.1) is 11.3 Å². The van der Waals surface area contributed by atoms with Crippen LogP contribution < -0.4 is 5.32 Å². The average Bonchev–Trinajstić information content (AvgIpc) is 3.06. The summed E-state index contributed by atoms with van der Waals surface area (Å²) in [5.41, 5.74) is 3.00. The first-order valence-electron chi connectivity index (χ1n) is 7.56. The Kier molecular flexibility index (Phi) is 4.58. The molecule has 1 atom stereocenters. The first kappa shape index (κ1) is 15.9. The van der Waals surface area contributed by atoms with Gasteiger partial charge in [-0.25, -0.2) is 15.0 Å². The highest BCUT2D eigenvalue weighted by atomic mass is 32.1. The number of rotatable bonds is 6. The van der Waals surface area contributed by atoms with Crippen LogP contribution in [-0.4, -0.2) is 39.3 Å². The lowest BCUT2D eigenvalue weighted by Crippen LogP contribution is -2.22. The van der Waals surface area contributed by atoms with Crippen LogP contribution in [0.25, 0.3) is 11.0 Å². The van der Waals surface area contributed by atoms with Gasteiger partial charge in [0.1, 0.15) is 11.3 Å². The second kappa shape index (κ2) is 6.64. The van der Waals surface area contributed by atoms with E-state index in [-0.39, 0.29) is 6.04 Å². The molecule has 0 bridgehead atoms. The molecule has 0 unspecified atom stereocenters. The largest absolute Gasteiger partial charge is 0.383 e. The van der Waals surface area contributed by atoms with E-state index in [1.54, 1.807) is 18.4 Å². The number of thiazole rings is 1. The second-order valence-electron chi connectivity index (χ2n) is 5.66. The number of hydrogen-bond acceptors (Lipinski definition) is 6. The molecule has 0 radical (unpaired) electrons. The minimum atomic E-state index is 0.169. The fraction of sp³-hybridized carbons (Fsp3) is 0.438. The molecule has 0 aliphatic carbocycles. The number of fused-ring (bicyclic) bond motifs is 1. The van der Waals surface area contributed by atoms with Crippen molar-refractivity contribution in [2.24, 2.45) is 0 Å². The van der Waals surface area contributed by atoms with Crippen LogP contribution in [0.5, 0.6) is 0 Å². The molecule has 3 rings (SSSR count). The highest BCUT2D eigenvalue weighted by Gasteiger charge is 2.14. The molecule has 0 saturated heterocycles. The zero-order chi connectivity index (χ0) is 16.4. The monoisotopic (exact) mass is 331 g/mol. The minimum absolute atomic E-state index is 0.169. The lowest BCUT2D eigenvalue weighted by molar-refractivity contribution is 0.190. The average molecular weight is 331 g/mol. The number of aromatic nitrogens is 4. The summed E-state index contributed by atoms with van der Waals surface area (Å²) in [6.45, 7) is 7.34. The number of hydrogen-bond donors (Lipinski definition) is 1. The van der Waals surface area contributed by atoms with Crippen molar-refractivity contribution in [1.82, 2.24) is 19.5 Å². The van der Waals surface area contributed by atoms with Gasteiger partial charge in [0, 0.05) is 24.7 Å². The van der Waals surface area contributed by atoms with Crippen molar-refractivity contribution in [2.75, 3.05) is 19.0 Å². The molecule has 3 aromatic rings. The second-order valence-corrected chi connectivity index (χ2v) is 6.72. The number of nitrogens with one attached hydrogen (secondary N) is 1. The van der Waals surface area contributed by atoms with E-state index in [4.69, 9.17) is 4.74 Å². The van der Waals surface area contributed by atoms with Crippen molar-refractivity contribution in [1.29, 1.82) is 0 Å². The predicted octanol–water partition coefficient (Wildman–Crippen LogP) is 3.00. The van der Waals surface area contributed by atoms with E-state index in [0.717, 1.165) is 33.4 Å². The van der Waals surface area contributed by atoms with E-state index < -0.39 is 0 Å². The summed E-state index contributed by atoms with van der Waals surface area (Å²) in [7, 11) is 1.70. The molecule has 7 heteroatoms. The van der Waals surface area contributed by atoms with E-state index in [2.05, 4.69) is 37.1 Å². The topological polar surface area (TPSA) is 64.9 Å². The van der Waals surface area contributed by atoms with Crippen molar-refractivity contribution >= 4 is 28.2 Å². The Morgan fingerprint density at radius 2 is 2.13 bits per heavy atom. The Morgan fingerprint density at radius 3 is 2.83 bits per heavy atom. The molecule has 0 fully saturated rings. The summed E-state index contributed by atoms with van der Waals surface area (Å²) >= 11 is 1.67. The zero-order valence-corrected chi connectivity index (χ0v) is 14.6. The van der Waals surface area contributed by atoms with E-state index in [9.17, 15) is 0 Å². The summed E-state index contributed by atoms with van der Waals surface area (Å²) < 4.78 is 7.35. The zero-order valence-electron chi connectivity index (χ0n) is 13.8. The Labute approximate surface area is 139 Å². The highest BCUT2D eigenvalue weighted by Crippen LogP contribution is 2.23. The normalized spacial score (nSPS) is 12.7. The maximum absolute atomic E-state index is 5.21. The van der Waals surface area contributed by atoms with Crippen LogP contribution in [0.1, 0.15) is 23.4 Å². The molecule has 1 N–H and O–H groups in total. The molecule has 3 heterocycles. The number of nitrogens with zero attached hydrogens (tertiary/aromatic N) is 4. The molecule has 3 aromatic heterocycles. The number of anilines is 1. The standard InChI is InChI=1S/C16H21N5OS/c1-10(8-22-4)17-16-15-14(18-11(2)19-16)5-6-21(15)7-13-9-23-12(3)20-13/h5-6,9-10H,7-8H2,1-4H3,(H,17,18,19)/t10-/m0/s1. The molecule has 0 spiro atoms. The Bertz CT molecular complexity index is 810. The molecule has 23 heavy (non-hydrogen) atoms. The van der Waals surface area contributed by atoms with Crippen LogP contribution in [0.3, 0.4) is 0 Å². The Balaban J connectivity index is 1.98. The third kappa shape index (κ3) is 3.51. The van der Waals surface area contributed by atoms with Gasteiger partial charge in [-0.2, -0.15) is 0 Å². The SMILES string of the molecule is COC[C@H](C)Nc1nc(C)nc2ccn(Cc3csc(C)n3)c12. The molecular weight excluding hydrogens is 310 g/mol. The molecule has 122 valence electrons. The maximum atomic E-state index is 5.21. The lowest BCUT2D eigenvalue weighted by atomic mass is 10.3. The Morgan fingerprint density at radius 1 is 1.30 bits per heavy atom. The first-order chi connectivity index (χ1) is 11.1. The highest BCUT2D eigenvalue weighted by molar-refractivity contribution is 7.09. The molecular formula is C16H21N5OS. The van der Waals surface area contributed by atoms with Crippen molar-refractivity contribution in [3.8, 4) is 0 Å². The Hall–Kier alpha value is -1.99. The van der Waals surface area contributed by atoms with Crippen LogP contribution in [0.4, 0.5) is 5.82 Å². The number of ether oxygens (including phenoxy) is 1. The van der Waals surface area contributed by atoms with E-state index in [0.29, 0.717) is 13.2 Å². The fourth-order valence-electron chi connectivity index (χ4n) is 2.64. The third-order valence-corrected chi connectivity index (χ3v) is 4.34. The van der Waals surface area contributed by atoms with Crippen molar-refractivity contribution < 1.29 is 4.74 Å². The summed E-state index contributed by atoms with van der Waals surface area (Å²) in [5.74, 6) is 1.60. The molecule has 0 aliphatic heterocycles. The van der Waals surface area contributed by atoms with E-state index in [1.807, 2.05) is 26.1 Å². The fourth-order valence-corrected chi connectivity index (χ4v) is 3.24. The number of aryl methyl sites for hydroxylation is 2. The van der Waals surface area contributed by atoms with Crippen LogP contribution in [0.15, 0.2) is 17.6 Å². The van der Waals surface area contributed by atoms with Gasteiger partial charge in [0.15, 0.2) is 5.82 Å². The van der Waals surface area contributed by atoms with Gasteiger partial charge in [0.05, 0.1) is 29.4 Å². The molecule has 0 saturated carbocycles. The van der Waals surface area contributed by atoms with Crippen molar-refractivity contribution in [3.05, 3.63) is 34.2 Å². The predicted molar refractivity (Wildman–Crippen MR) is 93.2 cm³/mol. The van der Waals surface area contributed by atoms with Gasteiger partial charge >= 0.3 is 0 Å². The van der Waals surface area contributed by atoms with Crippen LogP contribution >= 0.6 is 11.3 Å². The third-order valence-electron chi connectivity index (χ3n) is 3.52. The molecule has 0 aliphatic rings. The lowest BCUT2D eigenvalue weighted by Gasteiger charge is -2.16. The van der Waals surface area contributed by atoms with E-state index in [1.165, 1.54) is 0 Å². The smallest absolute Gasteiger partial charge is 0.154 e. The summed E-state index contributed by atoms with van der Waals surface area (Å²) in [6.07, 6.45) is 2.04. The van der Waals surface area contributed by atoms with Gasteiger partial charge in [-0.3, -0.25) is 0 Å². The van der Waals surface area contributed by atoms with Crippen molar-refractivity contribution in [3.63, 3.8) is 0 Å².